The number of halogens is 1. The van der Waals surface area contributed by atoms with Gasteiger partial charge in [0.05, 0.1) is 30.1 Å². The quantitative estimate of drug-likeness (QED) is 0.313. The number of rotatable bonds is 4. The highest BCUT2D eigenvalue weighted by Gasteiger charge is 2.38. The minimum atomic E-state index is 0.404. The number of imidazole rings is 1. The topological polar surface area (TPSA) is 55.5 Å². The van der Waals surface area contributed by atoms with Crippen LogP contribution in [0.5, 0.6) is 0 Å². The van der Waals surface area contributed by atoms with Gasteiger partial charge >= 0.3 is 0 Å². The maximum Gasteiger partial charge on any atom is 0.155 e. The molecule has 0 atom stereocenters. The van der Waals surface area contributed by atoms with E-state index in [4.69, 9.17) is 26.3 Å². The van der Waals surface area contributed by atoms with Gasteiger partial charge in [0.15, 0.2) is 5.15 Å². The third-order valence-electron chi connectivity index (χ3n) is 7.61. The molecule has 1 saturated carbocycles. The number of morpholine rings is 1. The van der Waals surface area contributed by atoms with E-state index < -0.39 is 0 Å². The lowest BCUT2D eigenvalue weighted by Crippen LogP contribution is -2.49. The Bertz CT molecular complexity index is 1550. The van der Waals surface area contributed by atoms with Crippen LogP contribution in [-0.2, 0) is 4.74 Å². The summed E-state index contributed by atoms with van der Waals surface area (Å²) >= 11 is 6.66. The van der Waals surface area contributed by atoms with Crippen LogP contribution in [0.25, 0.3) is 38.9 Å². The van der Waals surface area contributed by atoms with Gasteiger partial charge in [0.25, 0.3) is 0 Å². The predicted octanol–water partition coefficient (Wildman–Crippen LogP) is 5.84. The van der Waals surface area contributed by atoms with Crippen LogP contribution < -0.4 is 0 Å². The van der Waals surface area contributed by atoms with E-state index in [-0.39, 0.29) is 0 Å². The van der Waals surface area contributed by atoms with Crippen LogP contribution in [0, 0.1) is 0 Å². The van der Waals surface area contributed by atoms with Gasteiger partial charge in [-0.25, -0.2) is 15.0 Å². The number of hydrogen-bond acceptors (Lipinski definition) is 5. The molecule has 0 amide bonds. The van der Waals surface area contributed by atoms with E-state index in [0.29, 0.717) is 17.1 Å². The van der Waals surface area contributed by atoms with Gasteiger partial charge in [-0.1, -0.05) is 60.1 Å². The smallest absolute Gasteiger partial charge is 0.155 e. The molecule has 2 fully saturated rings. The van der Waals surface area contributed by atoms with E-state index in [1.807, 2.05) is 24.4 Å². The Labute approximate surface area is 214 Å². The van der Waals surface area contributed by atoms with Crippen LogP contribution in [0.4, 0.5) is 0 Å². The van der Waals surface area contributed by atoms with Crippen molar-refractivity contribution in [3.8, 4) is 22.5 Å². The summed E-state index contributed by atoms with van der Waals surface area (Å²) in [6.07, 6.45) is 5.97. The number of aromatic nitrogens is 4. The van der Waals surface area contributed by atoms with Gasteiger partial charge in [0.1, 0.15) is 11.3 Å². The van der Waals surface area contributed by atoms with E-state index in [9.17, 15) is 0 Å². The molecule has 1 aliphatic carbocycles. The molecule has 0 radical (unpaired) electrons. The van der Waals surface area contributed by atoms with Gasteiger partial charge < -0.3 is 4.74 Å². The molecule has 36 heavy (non-hydrogen) atoms. The Hall–Kier alpha value is -3.32. The van der Waals surface area contributed by atoms with Crippen molar-refractivity contribution in [1.29, 1.82) is 0 Å². The number of fused-ring (bicyclic) bond motifs is 2. The standard InChI is InChI=1S/C29H26ClN5O/c30-28-27-26(21-7-6-20-8-9-24(32-25(20)18-21)19-4-2-1-3-5-19)33-29(35(27)11-10-31-28)22-16-23(17-22)34-12-14-36-15-13-34/h1-11,18,22-23H,12-17H2. The number of hydrogen-bond donors (Lipinski definition) is 0. The summed E-state index contributed by atoms with van der Waals surface area (Å²) in [4.78, 5) is 17.1. The normalized spacial score (nSPS) is 20.6. The zero-order chi connectivity index (χ0) is 24.1. The molecule has 2 aliphatic rings. The average molecular weight is 496 g/mol. The SMILES string of the molecule is Clc1nccn2c(C3CC(N4CCOCC4)C3)nc(-c3ccc4ccc(-c5ccccc5)nc4c3)c12. The first-order valence-corrected chi connectivity index (χ1v) is 12.9. The van der Waals surface area contributed by atoms with Crippen LogP contribution in [0.2, 0.25) is 5.15 Å². The summed E-state index contributed by atoms with van der Waals surface area (Å²) in [6.45, 7) is 3.72. The second kappa shape index (κ2) is 8.96. The van der Waals surface area contributed by atoms with Gasteiger partial charge in [-0.15, -0.1) is 0 Å². The summed E-state index contributed by atoms with van der Waals surface area (Å²) in [5.41, 5.74) is 5.73. The Morgan fingerprint density at radius 3 is 2.53 bits per heavy atom. The van der Waals surface area contributed by atoms with Gasteiger partial charge in [-0.3, -0.25) is 9.30 Å². The molecule has 4 heterocycles. The summed E-state index contributed by atoms with van der Waals surface area (Å²) in [5.74, 6) is 1.47. The molecule has 0 bridgehead atoms. The number of pyridine rings is 1. The maximum absolute atomic E-state index is 6.66. The second-order valence-electron chi connectivity index (χ2n) is 9.70. The van der Waals surface area contributed by atoms with Gasteiger partial charge in [-0.2, -0.15) is 0 Å². The molecular weight excluding hydrogens is 470 g/mol. The highest BCUT2D eigenvalue weighted by Crippen LogP contribution is 2.42. The summed E-state index contributed by atoms with van der Waals surface area (Å²) < 4.78 is 7.67. The van der Waals surface area contributed by atoms with Crippen molar-refractivity contribution in [1.82, 2.24) is 24.3 Å². The predicted molar refractivity (Wildman–Crippen MR) is 142 cm³/mol. The lowest BCUT2D eigenvalue weighted by molar-refractivity contribution is -0.00778. The second-order valence-corrected chi connectivity index (χ2v) is 10.1. The van der Waals surface area contributed by atoms with Crippen molar-refractivity contribution in [2.45, 2.75) is 24.8 Å². The largest absolute Gasteiger partial charge is 0.379 e. The number of nitrogens with zero attached hydrogens (tertiary/aromatic N) is 5. The van der Waals surface area contributed by atoms with Crippen molar-refractivity contribution in [2.24, 2.45) is 0 Å². The molecular formula is C29H26ClN5O. The Balaban J connectivity index is 1.27. The Morgan fingerprint density at radius 1 is 0.889 bits per heavy atom. The van der Waals surface area contributed by atoms with Crippen molar-refractivity contribution in [3.05, 3.63) is 84.0 Å². The fourth-order valence-electron chi connectivity index (χ4n) is 5.59. The summed E-state index contributed by atoms with van der Waals surface area (Å²) in [7, 11) is 0. The van der Waals surface area contributed by atoms with Crippen LogP contribution in [-0.4, -0.2) is 56.6 Å². The van der Waals surface area contributed by atoms with E-state index in [1.54, 1.807) is 6.20 Å². The molecule has 1 aliphatic heterocycles. The monoisotopic (exact) mass is 495 g/mol. The van der Waals surface area contributed by atoms with Crippen molar-refractivity contribution >= 4 is 28.0 Å². The molecule has 7 heteroatoms. The zero-order valence-electron chi connectivity index (χ0n) is 19.8. The first kappa shape index (κ1) is 21.9. The molecule has 5 aromatic rings. The highest BCUT2D eigenvalue weighted by atomic mass is 35.5. The molecule has 0 unspecified atom stereocenters. The van der Waals surface area contributed by atoms with Crippen LogP contribution in [0.3, 0.4) is 0 Å². The van der Waals surface area contributed by atoms with Crippen molar-refractivity contribution in [2.75, 3.05) is 26.3 Å². The first-order valence-electron chi connectivity index (χ1n) is 12.6. The third-order valence-corrected chi connectivity index (χ3v) is 7.89. The first-order chi connectivity index (χ1) is 17.7. The van der Waals surface area contributed by atoms with Crippen molar-refractivity contribution < 1.29 is 4.74 Å². The van der Waals surface area contributed by atoms with Crippen LogP contribution >= 0.6 is 11.6 Å². The zero-order valence-corrected chi connectivity index (χ0v) is 20.6. The lowest BCUT2D eigenvalue weighted by atomic mass is 9.78. The lowest BCUT2D eigenvalue weighted by Gasteiger charge is -2.43. The summed E-state index contributed by atoms with van der Waals surface area (Å²) in [6, 6.07) is 21.4. The number of benzene rings is 2. The van der Waals surface area contributed by atoms with Gasteiger partial charge in [-0.05, 0) is 25.0 Å². The minimum Gasteiger partial charge on any atom is -0.379 e. The van der Waals surface area contributed by atoms with Gasteiger partial charge in [0, 0.05) is 54.0 Å². The number of ether oxygens (including phenoxy) is 1. The third kappa shape index (κ3) is 3.77. The van der Waals surface area contributed by atoms with E-state index in [1.165, 1.54) is 0 Å². The van der Waals surface area contributed by atoms with Gasteiger partial charge in [0.2, 0.25) is 0 Å². The molecule has 7 rings (SSSR count). The molecule has 6 nitrogen and oxygen atoms in total. The molecule has 180 valence electrons. The Morgan fingerprint density at radius 2 is 1.69 bits per heavy atom. The van der Waals surface area contributed by atoms with Crippen LogP contribution in [0.15, 0.2) is 73.1 Å². The maximum atomic E-state index is 6.66. The van der Waals surface area contributed by atoms with Crippen LogP contribution in [0.1, 0.15) is 24.6 Å². The van der Waals surface area contributed by atoms with E-state index in [2.05, 4.69) is 56.7 Å². The Kier molecular flexibility index (Phi) is 5.46. The molecule has 0 N–H and O–H groups in total. The fraction of sp³-hybridized carbons (Fsp3) is 0.276. The summed E-state index contributed by atoms with van der Waals surface area (Å²) in [5, 5.41) is 1.57. The fourth-order valence-corrected chi connectivity index (χ4v) is 5.82. The molecule has 1 saturated heterocycles. The van der Waals surface area contributed by atoms with Crippen molar-refractivity contribution in [3.63, 3.8) is 0 Å². The average Bonchev–Trinajstić information content (AvgIpc) is 3.29. The van der Waals surface area contributed by atoms with E-state index >= 15 is 0 Å². The molecule has 0 spiro atoms. The highest BCUT2D eigenvalue weighted by molar-refractivity contribution is 6.33. The minimum absolute atomic E-state index is 0.404. The van der Waals surface area contributed by atoms with E-state index in [0.717, 1.165) is 83.9 Å². The molecule has 2 aromatic carbocycles. The molecule has 3 aromatic heterocycles.